The molecule has 0 heterocycles. The first-order chi connectivity index (χ1) is 16.6. The van der Waals surface area contributed by atoms with Gasteiger partial charge < -0.3 is 9.96 Å². The fourth-order valence-electron chi connectivity index (χ4n) is 6.48. The van der Waals surface area contributed by atoms with Crippen molar-refractivity contribution in [2.75, 3.05) is 0 Å². The lowest BCUT2D eigenvalue weighted by Gasteiger charge is -2.42. The second-order valence-corrected chi connectivity index (χ2v) is 21.8. The number of hydrogen-bond acceptors (Lipinski definition) is 2. The first-order valence-electron chi connectivity index (χ1n) is 13.5. The van der Waals surface area contributed by atoms with Gasteiger partial charge in [-0.15, -0.1) is 0 Å². The lowest BCUT2D eigenvalue weighted by Crippen LogP contribution is -2.59. The van der Waals surface area contributed by atoms with Crippen molar-refractivity contribution in [2.45, 2.75) is 91.6 Å². The smallest absolute Gasteiger partial charge is 0.127 e. The van der Waals surface area contributed by atoms with E-state index in [4.69, 9.17) is 0 Å². The first kappa shape index (κ1) is 28.3. The van der Waals surface area contributed by atoms with Crippen molar-refractivity contribution < 1.29 is 0 Å². The Morgan fingerprint density at radius 2 is 0.889 bits per heavy atom. The summed E-state index contributed by atoms with van der Waals surface area (Å²) in [5, 5.41) is 0. The minimum Gasteiger partial charge on any atom is -0.332 e. The van der Waals surface area contributed by atoms with Crippen molar-refractivity contribution in [1.82, 2.24) is 9.96 Å². The van der Waals surface area contributed by atoms with Crippen LogP contribution >= 0.6 is 0 Å². The highest BCUT2D eigenvalue weighted by molar-refractivity contribution is 6.82. The molecule has 0 unspecified atom stereocenters. The first-order valence-corrected chi connectivity index (χ1v) is 19.5. The molecule has 0 amide bonds. The molecule has 4 aliphatic carbocycles. The number of rotatable bonds is 7. The molecular formula is C32H46N2Si2. The summed E-state index contributed by atoms with van der Waals surface area (Å²) >= 11 is 0. The highest BCUT2D eigenvalue weighted by atomic mass is 28.3. The van der Waals surface area contributed by atoms with Gasteiger partial charge in [0.25, 0.3) is 0 Å². The monoisotopic (exact) mass is 514 g/mol. The summed E-state index contributed by atoms with van der Waals surface area (Å²) in [4.78, 5) is 8.07. The van der Waals surface area contributed by atoms with E-state index < -0.39 is 16.5 Å². The summed E-state index contributed by atoms with van der Waals surface area (Å²) in [5.74, 6) is 8.75. The van der Waals surface area contributed by atoms with Crippen molar-refractivity contribution >= 4 is 16.5 Å². The fraction of sp³-hybridized carbons (Fsp3) is 0.438. The molecule has 0 aromatic carbocycles. The van der Waals surface area contributed by atoms with Crippen molar-refractivity contribution in [1.29, 1.82) is 0 Å². The Hall–Kier alpha value is -0.686. The van der Waals surface area contributed by atoms with Gasteiger partial charge in [-0.3, -0.25) is 0 Å². The Morgan fingerprint density at radius 3 is 1.22 bits per heavy atom. The quantitative estimate of drug-likeness (QED) is 0.348. The Labute approximate surface area is 225 Å². The van der Waals surface area contributed by atoms with Gasteiger partial charge in [0.2, 0.25) is 0 Å². The molecule has 0 saturated heterocycles. The van der Waals surface area contributed by atoms with E-state index in [9.17, 15) is 0 Å². The minimum atomic E-state index is -1.85. The third-order valence-electron chi connectivity index (χ3n) is 7.17. The summed E-state index contributed by atoms with van der Waals surface area (Å²) in [6.45, 7) is 23.7. The van der Waals surface area contributed by atoms with E-state index in [0.29, 0.717) is 0 Å². The van der Waals surface area contributed by atoms with E-state index in [-0.39, 0.29) is 11.1 Å². The lowest BCUT2D eigenvalue weighted by atomic mass is 9.79. The Morgan fingerprint density at radius 1 is 0.556 bits per heavy atom. The van der Waals surface area contributed by atoms with E-state index in [0.717, 1.165) is 12.8 Å². The Kier molecular flexibility index (Phi) is 7.97. The fourth-order valence-corrected chi connectivity index (χ4v) is 13.6. The van der Waals surface area contributed by atoms with Crippen molar-refractivity contribution in [3.05, 3.63) is 108 Å². The summed E-state index contributed by atoms with van der Waals surface area (Å²) in [5.41, 5.74) is 3.33. The molecule has 192 valence electrons. The molecule has 36 heavy (non-hydrogen) atoms. The largest absolute Gasteiger partial charge is 0.332 e. The van der Waals surface area contributed by atoms with Crippen LogP contribution in [0.4, 0.5) is 0 Å². The summed E-state index contributed by atoms with van der Waals surface area (Å²) in [7, 11) is -3.71. The molecular weight excluding hydrogens is 469 g/mol. The van der Waals surface area contributed by atoms with Gasteiger partial charge >= 0.3 is 0 Å². The van der Waals surface area contributed by atoms with Crippen LogP contribution in [0.25, 0.3) is 0 Å². The van der Waals surface area contributed by atoms with E-state index in [2.05, 4.69) is 139 Å². The van der Waals surface area contributed by atoms with Crippen molar-refractivity contribution in [3.63, 3.8) is 0 Å². The third kappa shape index (κ3) is 6.30. The van der Waals surface area contributed by atoms with Crippen molar-refractivity contribution in [2.24, 2.45) is 0 Å². The van der Waals surface area contributed by atoms with Gasteiger partial charge in [0.15, 0.2) is 0 Å². The Balaban J connectivity index is 1.58. The highest BCUT2D eigenvalue weighted by Crippen LogP contribution is 2.58. The zero-order valence-corrected chi connectivity index (χ0v) is 26.2. The third-order valence-corrected chi connectivity index (χ3v) is 13.5. The maximum atomic E-state index is 4.03. The van der Waals surface area contributed by atoms with Gasteiger partial charge in [0.1, 0.15) is 16.5 Å². The number of hydrogen-bond donors (Lipinski definition) is 2. The van der Waals surface area contributed by atoms with Gasteiger partial charge in [-0.25, -0.2) is 0 Å². The molecule has 4 aliphatic rings. The zero-order chi connectivity index (χ0) is 26.5. The maximum Gasteiger partial charge on any atom is 0.127 e. The average Bonchev–Trinajstić information content (AvgIpc) is 3.28. The number of nitrogens with one attached hydrogen (secondary N) is 2. The highest BCUT2D eigenvalue weighted by Gasteiger charge is 2.54. The molecule has 2 nitrogen and oxygen atoms in total. The van der Waals surface area contributed by atoms with Gasteiger partial charge in [0, 0.05) is 34.7 Å². The van der Waals surface area contributed by atoms with Crippen LogP contribution in [0.3, 0.4) is 0 Å². The molecule has 2 N–H and O–H groups in total. The SMILES string of the molecule is CC(C)(C)N[Si](C)(C)[C]1[CH][C]2C=CC=C[C]2[C]1CC[C]1[C]2C=CC=C[C]2[CH][C]1[Si](C)(C)NC(C)(C)C. The van der Waals surface area contributed by atoms with Crippen LogP contribution in [0, 0.1) is 59.4 Å². The summed E-state index contributed by atoms with van der Waals surface area (Å²) < 4.78 is 0. The van der Waals surface area contributed by atoms with Gasteiger partial charge in [-0.2, -0.15) is 0 Å². The molecule has 4 rings (SSSR count). The Bertz CT molecular complexity index is 824. The maximum absolute atomic E-state index is 4.03. The summed E-state index contributed by atoms with van der Waals surface area (Å²) in [6.07, 6.45) is 25.1. The van der Waals surface area contributed by atoms with Gasteiger partial charge in [-0.05, 0) is 90.1 Å². The van der Waals surface area contributed by atoms with E-state index in [1.165, 1.54) is 23.7 Å². The lowest BCUT2D eigenvalue weighted by molar-refractivity contribution is 0.510. The van der Waals surface area contributed by atoms with Crippen molar-refractivity contribution in [3.8, 4) is 0 Å². The predicted octanol–water partition coefficient (Wildman–Crippen LogP) is 7.32. The second-order valence-electron chi connectivity index (χ2n) is 13.7. The molecule has 2 fully saturated rings. The topological polar surface area (TPSA) is 24.1 Å². The van der Waals surface area contributed by atoms with E-state index in [1.54, 1.807) is 22.9 Å². The number of allylic oxidation sites excluding steroid dienone is 8. The zero-order valence-electron chi connectivity index (χ0n) is 24.2. The molecule has 4 heteroatoms. The molecule has 0 atom stereocenters. The second kappa shape index (κ2) is 10.1. The standard InChI is InChI=1S/C32H46N2Si2/c1-31(2,3)33-35(7,8)29-21-23-15-11-13-17-25(23)27(29)19-20-28-26-18-14-12-16-24(26)22-30(28)36(9,10)34-32(4,5)6/h11-18,21-22,33-34H,19-20H2,1-10H3. The van der Waals surface area contributed by atoms with Crippen LogP contribution in [0.1, 0.15) is 54.4 Å². The molecule has 10 radical (unpaired) electrons. The van der Waals surface area contributed by atoms with E-state index >= 15 is 0 Å². The van der Waals surface area contributed by atoms with Crippen LogP contribution in [-0.2, 0) is 0 Å². The van der Waals surface area contributed by atoms with Crippen LogP contribution in [0.2, 0.25) is 26.2 Å². The predicted molar refractivity (Wildman–Crippen MR) is 161 cm³/mol. The average molecular weight is 515 g/mol. The number of fused-ring (bicyclic) bond motifs is 2. The van der Waals surface area contributed by atoms with Crippen LogP contribution in [0.5, 0.6) is 0 Å². The van der Waals surface area contributed by atoms with Gasteiger partial charge in [0.05, 0.1) is 0 Å². The molecule has 0 aromatic heterocycles. The molecule has 0 aliphatic heterocycles. The van der Waals surface area contributed by atoms with E-state index in [1.807, 2.05) is 0 Å². The van der Waals surface area contributed by atoms with Gasteiger partial charge in [-0.1, -0.05) is 74.8 Å². The van der Waals surface area contributed by atoms with Crippen LogP contribution in [0.15, 0.2) is 48.6 Å². The molecule has 0 aromatic rings. The summed E-state index contributed by atoms with van der Waals surface area (Å²) in [6, 6.07) is 0. The molecule has 0 bridgehead atoms. The molecule has 0 spiro atoms. The molecule has 2 saturated carbocycles. The normalized spacial score (nSPS) is 24.4. The van der Waals surface area contributed by atoms with Crippen LogP contribution < -0.4 is 9.96 Å². The van der Waals surface area contributed by atoms with Crippen LogP contribution in [-0.4, -0.2) is 27.5 Å². The minimum absolute atomic E-state index is 0.0970.